The molecule has 0 unspecified atom stereocenters. The van der Waals surface area contributed by atoms with E-state index in [4.69, 9.17) is 0 Å². The molecule has 8 heteroatoms. The molecule has 3 aromatic rings. The highest BCUT2D eigenvalue weighted by Gasteiger charge is 2.31. The van der Waals surface area contributed by atoms with Crippen LogP contribution < -0.4 is 9.62 Å². The van der Waals surface area contributed by atoms with Crippen LogP contribution in [0.1, 0.15) is 35.2 Å². The van der Waals surface area contributed by atoms with Crippen molar-refractivity contribution in [2.75, 3.05) is 10.6 Å². The normalized spacial score (nSPS) is 13.3. The van der Waals surface area contributed by atoms with E-state index in [0.29, 0.717) is 0 Å². The number of nitrogens with one attached hydrogen (secondary N) is 1. The second kappa shape index (κ2) is 9.70. The first kappa shape index (κ1) is 24.4. The Morgan fingerprint density at radius 3 is 2.18 bits per heavy atom. The molecule has 0 saturated heterocycles. The van der Waals surface area contributed by atoms with E-state index in [0.717, 1.165) is 51.0 Å². The van der Waals surface area contributed by atoms with Gasteiger partial charge in [0.15, 0.2) is 11.6 Å². The summed E-state index contributed by atoms with van der Waals surface area (Å²) < 4.78 is 53.1. The van der Waals surface area contributed by atoms with Crippen molar-refractivity contribution in [1.82, 2.24) is 5.32 Å². The number of benzene rings is 3. The quantitative estimate of drug-likeness (QED) is 0.545. The molecular formula is C25H26F2N2O3S. The van der Waals surface area contributed by atoms with Crippen molar-refractivity contribution in [3.8, 4) is 0 Å². The molecule has 0 spiro atoms. The number of rotatable bonds is 7. The van der Waals surface area contributed by atoms with Gasteiger partial charge in [-0.15, -0.1) is 0 Å². The molecule has 0 bridgehead atoms. The van der Waals surface area contributed by atoms with Crippen LogP contribution in [0.3, 0.4) is 0 Å². The molecule has 0 aliphatic heterocycles. The number of hydrogen-bond donors (Lipinski definition) is 1. The Balaban J connectivity index is 2.00. The van der Waals surface area contributed by atoms with Crippen molar-refractivity contribution < 1.29 is 22.0 Å². The second-order valence-electron chi connectivity index (χ2n) is 8.05. The van der Waals surface area contributed by atoms with Gasteiger partial charge in [0, 0.05) is 6.07 Å². The van der Waals surface area contributed by atoms with Gasteiger partial charge in [-0.3, -0.25) is 9.10 Å². The Hall–Kier alpha value is -3.26. The predicted molar refractivity (Wildman–Crippen MR) is 125 cm³/mol. The maximum Gasteiger partial charge on any atom is 0.244 e. The number of aryl methyl sites for hydroxylation is 2. The van der Waals surface area contributed by atoms with Gasteiger partial charge < -0.3 is 5.32 Å². The summed E-state index contributed by atoms with van der Waals surface area (Å²) in [6, 6.07) is 16.2. The second-order valence-corrected chi connectivity index (χ2v) is 9.90. The molecule has 174 valence electrons. The Morgan fingerprint density at radius 1 is 0.939 bits per heavy atom. The summed E-state index contributed by atoms with van der Waals surface area (Å²) >= 11 is 0. The van der Waals surface area contributed by atoms with Crippen molar-refractivity contribution in [1.29, 1.82) is 0 Å². The Kier molecular flexibility index (Phi) is 7.17. The molecule has 3 aromatic carbocycles. The fourth-order valence-electron chi connectivity index (χ4n) is 3.83. The first-order valence-corrected chi connectivity index (χ1v) is 12.2. The zero-order valence-corrected chi connectivity index (χ0v) is 19.7. The van der Waals surface area contributed by atoms with Crippen LogP contribution in [-0.4, -0.2) is 26.6 Å². The van der Waals surface area contributed by atoms with Gasteiger partial charge in [-0.05, 0) is 49.6 Å². The minimum absolute atomic E-state index is 0.137. The van der Waals surface area contributed by atoms with E-state index in [1.807, 2.05) is 62.4 Å². The summed E-state index contributed by atoms with van der Waals surface area (Å²) in [4.78, 5) is 13.3. The first-order chi connectivity index (χ1) is 15.5. The first-order valence-electron chi connectivity index (χ1n) is 10.4. The molecule has 2 atom stereocenters. The Bertz CT molecular complexity index is 1260. The average Bonchev–Trinajstić information content (AvgIpc) is 2.74. The molecule has 5 nitrogen and oxygen atoms in total. The molecule has 0 saturated carbocycles. The number of halogens is 2. The van der Waals surface area contributed by atoms with Gasteiger partial charge in [0.1, 0.15) is 6.04 Å². The number of carbonyl (C=O) groups excluding carboxylic acids is 1. The highest BCUT2D eigenvalue weighted by Crippen LogP contribution is 2.28. The molecule has 0 aliphatic carbocycles. The summed E-state index contributed by atoms with van der Waals surface area (Å²) in [6.45, 7) is 5.32. The topological polar surface area (TPSA) is 66.5 Å². The molecule has 0 fully saturated rings. The van der Waals surface area contributed by atoms with Crippen LogP contribution in [-0.2, 0) is 14.8 Å². The van der Waals surface area contributed by atoms with E-state index in [2.05, 4.69) is 5.32 Å². The zero-order valence-electron chi connectivity index (χ0n) is 18.8. The van der Waals surface area contributed by atoms with Crippen LogP contribution in [0.2, 0.25) is 0 Å². The maximum atomic E-state index is 13.8. The number of amides is 1. The number of carbonyl (C=O) groups is 1. The van der Waals surface area contributed by atoms with E-state index in [1.165, 1.54) is 6.92 Å². The third-order valence-corrected chi connectivity index (χ3v) is 6.64. The van der Waals surface area contributed by atoms with E-state index in [1.54, 1.807) is 0 Å². The van der Waals surface area contributed by atoms with Gasteiger partial charge in [0.2, 0.25) is 15.9 Å². The molecule has 0 aromatic heterocycles. The molecule has 0 heterocycles. The average molecular weight is 473 g/mol. The van der Waals surface area contributed by atoms with Crippen LogP contribution in [0.25, 0.3) is 0 Å². The van der Waals surface area contributed by atoms with Crippen molar-refractivity contribution in [3.63, 3.8) is 0 Å². The van der Waals surface area contributed by atoms with Crippen LogP contribution in [0, 0.1) is 25.5 Å². The van der Waals surface area contributed by atoms with Gasteiger partial charge in [0.25, 0.3) is 0 Å². The number of nitrogens with zero attached hydrogens (tertiary/aromatic N) is 1. The van der Waals surface area contributed by atoms with Gasteiger partial charge >= 0.3 is 0 Å². The van der Waals surface area contributed by atoms with Gasteiger partial charge in [-0.2, -0.15) is 0 Å². The summed E-state index contributed by atoms with van der Waals surface area (Å²) in [5.41, 5.74) is 3.60. The van der Waals surface area contributed by atoms with Crippen molar-refractivity contribution in [2.45, 2.75) is 32.9 Å². The van der Waals surface area contributed by atoms with Gasteiger partial charge in [0.05, 0.1) is 18.0 Å². The SMILES string of the molecule is Cc1ccc([C@@H](NC(=O)[C@@H](C)N(c2ccc(F)c(F)c2)S(C)(=O)=O)c2ccccc2)c(C)c1. The molecular weight excluding hydrogens is 446 g/mol. The van der Waals surface area contributed by atoms with Crippen LogP contribution >= 0.6 is 0 Å². The summed E-state index contributed by atoms with van der Waals surface area (Å²) in [5, 5.41) is 2.95. The number of anilines is 1. The standard InChI is InChI=1S/C25H26F2N2O3S/c1-16-10-12-21(17(2)14-16)24(19-8-6-5-7-9-19)28-25(30)18(3)29(33(4,31)32)20-11-13-22(26)23(27)15-20/h5-15,18,24H,1-4H3,(H,28,30)/t18-,24+/m1/s1. The summed E-state index contributed by atoms with van der Waals surface area (Å²) in [5.74, 6) is -2.89. The Morgan fingerprint density at radius 2 is 1.61 bits per heavy atom. The minimum atomic E-state index is -3.99. The lowest BCUT2D eigenvalue weighted by Crippen LogP contribution is -2.49. The highest BCUT2D eigenvalue weighted by atomic mass is 32.2. The van der Waals surface area contributed by atoms with Gasteiger partial charge in [-0.1, -0.05) is 54.1 Å². The number of hydrogen-bond acceptors (Lipinski definition) is 3. The van der Waals surface area contributed by atoms with Crippen LogP contribution in [0.15, 0.2) is 66.7 Å². The molecule has 33 heavy (non-hydrogen) atoms. The smallest absolute Gasteiger partial charge is 0.244 e. The maximum absolute atomic E-state index is 13.8. The van der Waals surface area contributed by atoms with Crippen molar-refractivity contribution >= 4 is 21.6 Å². The third-order valence-electron chi connectivity index (χ3n) is 5.40. The fraction of sp³-hybridized carbons (Fsp3) is 0.240. The predicted octanol–water partition coefficient (Wildman–Crippen LogP) is 4.64. The monoisotopic (exact) mass is 472 g/mol. The molecule has 1 amide bonds. The molecule has 0 aliphatic rings. The van der Waals surface area contributed by atoms with E-state index < -0.39 is 39.6 Å². The summed E-state index contributed by atoms with van der Waals surface area (Å²) in [7, 11) is -3.99. The lowest BCUT2D eigenvalue weighted by Gasteiger charge is -2.30. The van der Waals surface area contributed by atoms with E-state index >= 15 is 0 Å². The fourth-order valence-corrected chi connectivity index (χ4v) is 5.00. The number of sulfonamides is 1. The molecule has 1 N–H and O–H groups in total. The third kappa shape index (κ3) is 5.57. The van der Waals surface area contributed by atoms with E-state index in [-0.39, 0.29) is 5.69 Å². The lowest BCUT2D eigenvalue weighted by atomic mass is 9.93. The lowest BCUT2D eigenvalue weighted by molar-refractivity contribution is -0.122. The van der Waals surface area contributed by atoms with Gasteiger partial charge in [-0.25, -0.2) is 17.2 Å². The minimum Gasteiger partial charge on any atom is -0.343 e. The summed E-state index contributed by atoms with van der Waals surface area (Å²) in [6.07, 6.45) is 0.914. The van der Waals surface area contributed by atoms with E-state index in [9.17, 15) is 22.0 Å². The Labute approximate surface area is 193 Å². The highest BCUT2D eigenvalue weighted by molar-refractivity contribution is 7.92. The van der Waals surface area contributed by atoms with Crippen LogP contribution in [0.4, 0.5) is 14.5 Å². The molecule has 0 radical (unpaired) electrons. The van der Waals surface area contributed by atoms with Crippen molar-refractivity contribution in [2.24, 2.45) is 0 Å². The zero-order chi connectivity index (χ0) is 24.3. The van der Waals surface area contributed by atoms with Crippen LogP contribution in [0.5, 0.6) is 0 Å². The largest absolute Gasteiger partial charge is 0.343 e. The van der Waals surface area contributed by atoms with Crippen molar-refractivity contribution in [3.05, 3.63) is 101 Å². The molecule has 3 rings (SSSR count).